The topological polar surface area (TPSA) is 23.3 Å². The summed E-state index contributed by atoms with van der Waals surface area (Å²) in [6.07, 6.45) is 10.5. The molecule has 170 valence electrons. The Balaban J connectivity index is 1.59. The maximum atomic E-state index is 12.0. The van der Waals surface area contributed by atoms with Crippen molar-refractivity contribution in [1.82, 2.24) is 0 Å². The summed E-state index contributed by atoms with van der Waals surface area (Å²) in [5.41, 5.74) is 6.98. The fraction of sp³-hybridized carbons (Fsp3) is 0.300. The number of benzene rings is 2. The van der Waals surface area contributed by atoms with Gasteiger partial charge in [0.05, 0.1) is 13.3 Å². The van der Waals surface area contributed by atoms with Crippen molar-refractivity contribution in [2.24, 2.45) is 0 Å². The van der Waals surface area contributed by atoms with E-state index in [1.54, 1.807) is 6.92 Å². The second-order valence-corrected chi connectivity index (χ2v) is 10.2. The number of carbonyl (C=O) groups excluding carboxylic acids is 1. The van der Waals surface area contributed by atoms with Crippen LogP contribution in [0.25, 0.3) is 0 Å². The van der Waals surface area contributed by atoms with Crippen molar-refractivity contribution in [2.75, 3.05) is 11.4 Å². The minimum atomic E-state index is -0.168. The van der Waals surface area contributed by atoms with Gasteiger partial charge in [-0.15, -0.1) is 12.2 Å². The van der Waals surface area contributed by atoms with Crippen LogP contribution in [0.2, 0.25) is 0 Å². The molecule has 0 aromatic heterocycles. The van der Waals surface area contributed by atoms with Gasteiger partial charge in [-0.05, 0) is 43.2 Å². The number of hydrogen-bond donors (Lipinski definition) is 0. The van der Waals surface area contributed by atoms with Crippen LogP contribution in [0.15, 0.2) is 78.5 Å². The average molecular weight is 439 g/mol. The molecule has 0 saturated heterocycles. The lowest BCUT2D eigenvalue weighted by Crippen LogP contribution is -2.29. The predicted molar refractivity (Wildman–Crippen MR) is 138 cm³/mol. The van der Waals surface area contributed by atoms with Crippen LogP contribution in [0.5, 0.6) is 0 Å². The highest BCUT2D eigenvalue weighted by Gasteiger charge is 2.42. The monoisotopic (exact) mass is 438 g/mol. The molecule has 0 saturated carbocycles. The largest absolute Gasteiger partial charge is 0.337 e. The predicted octanol–water partition coefficient (Wildman–Crippen LogP) is 6.55. The van der Waals surface area contributed by atoms with Gasteiger partial charge in [0.2, 0.25) is 0 Å². The third kappa shape index (κ3) is 3.86. The molecule has 3 nitrogen and oxygen atoms in total. The van der Waals surface area contributed by atoms with E-state index in [0.29, 0.717) is 6.54 Å². The second-order valence-electron chi connectivity index (χ2n) is 10.2. The van der Waals surface area contributed by atoms with Crippen LogP contribution >= 0.6 is 0 Å². The van der Waals surface area contributed by atoms with E-state index in [2.05, 4.69) is 119 Å². The van der Waals surface area contributed by atoms with Crippen molar-refractivity contribution in [1.29, 1.82) is 0 Å². The van der Waals surface area contributed by atoms with E-state index in [9.17, 15) is 4.79 Å². The molecule has 0 amide bonds. The first-order valence-corrected chi connectivity index (χ1v) is 11.6. The summed E-state index contributed by atoms with van der Waals surface area (Å²) in [6, 6.07) is 16.1. The molecule has 2 aliphatic rings. The van der Waals surface area contributed by atoms with E-state index in [-0.39, 0.29) is 16.6 Å². The van der Waals surface area contributed by atoms with Gasteiger partial charge in [0.15, 0.2) is 0 Å². The van der Waals surface area contributed by atoms with Gasteiger partial charge < -0.3 is 4.90 Å². The maximum Gasteiger partial charge on any atom is 0.149 e. The summed E-state index contributed by atoms with van der Waals surface area (Å²) in [4.78, 5) is 14.2. The van der Waals surface area contributed by atoms with E-state index in [0.717, 1.165) is 17.1 Å². The van der Waals surface area contributed by atoms with E-state index in [1.807, 2.05) is 4.58 Å². The van der Waals surface area contributed by atoms with Crippen molar-refractivity contribution in [2.45, 2.75) is 52.4 Å². The number of hydrogen-bond acceptors (Lipinski definition) is 2. The van der Waals surface area contributed by atoms with Crippen molar-refractivity contribution >= 4 is 23.9 Å². The highest BCUT2D eigenvalue weighted by atomic mass is 16.1. The molecular weight excluding hydrogens is 404 g/mol. The zero-order valence-electron chi connectivity index (χ0n) is 20.6. The Morgan fingerprint density at radius 3 is 2.48 bits per heavy atom. The minimum Gasteiger partial charge on any atom is -0.337 e. The highest BCUT2D eigenvalue weighted by Crippen LogP contribution is 2.49. The zero-order chi connectivity index (χ0) is 24.0. The third-order valence-corrected chi connectivity index (χ3v) is 6.96. The number of ketones is 1. The summed E-state index contributed by atoms with van der Waals surface area (Å²) in [6.45, 7) is 17.4. The van der Waals surface area contributed by atoms with Gasteiger partial charge in [0.25, 0.3) is 0 Å². The maximum absolute atomic E-state index is 12.0. The molecule has 2 heterocycles. The first kappa shape index (κ1) is 22.8. The van der Waals surface area contributed by atoms with E-state index < -0.39 is 0 Å². The summed E-state index contributed by atoms with van der Waals surface area (Å²) < 4.78 is 2.03. The Morgan fingerprint density at radius 1 is 1.06 bits per heavy atom. The Bertz CT molecular complexity index is 1210. The van der Waals surface area contributed by atoms with Crippen LogP contribution in [0.4, 0.5) is 11.4 Å². The first-order chi connectivity index (χ1) is 15.5. The lowest BCUT2D eigenvalue weighted by molar-refractivity contribution is -0.405. The van der Waals surface area contributed by atoms with Crippen LogP contribution in [0, 0.1) is 13.0 Å². The summed E-state index contributed by atoms with van der Waals surface area (Å²) in [5, 5.41) is 0. The highest BCUT2D eigenvalue weighted by molar-refractivity contribution is 5.85. The molecule has 33 heavy (non-hydrogen) atoms. The molecule has 2 aliphatic heterocycles. The lowest BCUT2D eigenvalue weighted by atomic mass is 9.80. The van der Waals surface area contributed by atoms with E-state index in [1.165, 1.54) is 22.7 Å². The molecule has 0 unspecified atom stereocenters. The van der Waals surface area contributed by atoms with E-state index >= 15 is 0 Å². The number of carbonyl (C=O) groups is 1. The Labute approximate surface area is 198 Å². The van der Waals surface area contributed by atoms with E-state index in [4.69, 9.17) is 0 Å². The Morgan fingerprint density at radius 2 is 1.79 bits per heavy atom. The molecule has 0 spiro atoms. The number of anilines is 1. The molecular formula is C30H34N2O. The fourth-order valence-corrected chi connectivity index (χ4v) is 5.18. The fourth-order valence-electron chi connectivity index (χ4n) is 5.18. The zero-order valence-corrected chi connectivity index (χ0v) is 20.6. The third-order valence-electron chi connectivity index (χ3n) is 6.96. The van der Waals surface area contributed by atoms with Gasteiger partial charge >= 0.3 is 0 Å². The number of para-hydroxylation sites is 1. The average Bonchev–Trinajstić information content (AvgIpc) is 3.07. The molecule has 2 aromatic rings. The Hall–Kier alpha value is -3.33. The van der Waals surface area contributed by atoms with Crippen LogP contribution in [-0.4, -0.2) is 23.6 Å². The van der Waals surface area contributed by atoms with Crippen LogP contribution in [0.3, 0.4) is 0 Å². The molecule has 0 N–H and O–H groups in total. The molecule has 2 aromatic carbocycles. The molecule has 3 heteroatoms. The molecule has 0 radical (unpaired) electrons. The smallest absolute Gasteiger partial charge is 0.149 e. The summed E-state index contributed by atoms with van der Waals surface area (Å²) >= 11 is 0. The van der Waals surface area contributed by atoms with Gasteiger partial charge in [-0.25, -0.2) is 0 Å². The number of nitrogens with zero attached hydrogens (tertiary/aromatic N) is 2. The number of Topliss-reactive ketones (excluding diaryl/α,β-unsaturated/α-hetero) is 1. The minimum absolute atomic E-state index is 0.0909. The number of allylic oxidation sites excluding steroid dienone is 5. The van der Waals surface area contributed by atoms with Gasteiger partial charge in [-0.1, -0.05) is 75.7 Å². The van der Waals surface area contributed by atoms with Crippen LogP contribution in [0.1, 0.15) is 51.3 Å². The van der Waals surface area contributed by atoms with Crippen molar-refractivity contribution in [3.8, 4) is 0 Å². The number of aryl methyl sites for hydroxylation is 1. The normalized spacial score (nSPS) is 19.7. The molecule has 4 rings (SSSR count). The summed E-state index contributed by atoms with van der Waals surface area (Å²) in [7, 11) is 0. The van der Waals surface area contributed by atoms with Gasteiger partial charge in [-0.2, -0.15) is 0 Å². The van der Waals surface area contributed by atoms with Gasteiger partial charge in [0.1, 0.15) is 17.5 Å². The van der Waals surface area contributed by atoms with Crippen molar-refractivity contribution < 1.29 is 9.37 Å². The Kier molecular flexibility index (Phi) is 5.69. The SMILES string of the molecule is C=[N+]1c2ccccc2C(C)(C)[C-]1C=CC=CC=C1N(CC(C)=O)c2ccc(C)cc2C1(C)C. The van der Waals surface area contributed by atoms with Gasteiger partial charge in [0, 0.05) is 22.2 Å². The number of rotatable bonds is 5. The van der Waals surface area contributed by atoms with Crippen molar-refractivity contribution in [3.05, 3.63) is 101 Å². The molecule has 0 aliphatic carbocycles. The number of fused-ring (bicyclic) bond motifs is 2. The molecule has 0 fully saturated rings. The van der Waals surface area contributed by atoms with Crippen LogP contribution < -0.4 is 4.90 Å². The standard InChI is InChI=1S/C30H34N2O/c1-21-17-18-26-24(19-21)30(5,6)28(32(26)20-22(2)33)16-10-8-9-15-27-29(3,4)23-13-11-12-14-25(23)31(27)7/h8-19H,7,20H2,1-6H3. The van der Waals surface area contributed by atoms with Crippen molar-refractivity contribution in [3.63, 3.8) is 0 Å². The molecule has 0 bridgehead atoms. The quantitative estimate of drug-likeness (QED) is 0.300. The second kappa shape index (κ2) is 8.22. The molecule has 0 atom stereocenters. The van der Waals surface area contributed by atoms with Crippen LogP contribution in [-0.2, 0) is 15.6 Å². The first-order valence-electron chi connectivity index (χ1n) is 11.6. The van der Waals surface area contributed by atoms with Gasteiger partial charge in [-0.3, -0.25) is 9.37 Å². The lowest BCUT2D eigenvalue weighted by Gasteiger charge is -2.26. The summed E-state index contributed by atoms with van der Waals surface area (Å²) in [5.74, 6) is 0.156.